The minimum absolute atomic E-state index is 0.0283. The Balaban J connectivity index is 1.45. The molecule has 0 spiro atoms. The topological polar surface area (TPSA) is 126 Å². The molecule has 0 aliphatic carbocycles. The summed E-state index contributed by atoms with van der Waals surface area (Å²) in [7, 11) is 0. The van der Waals surface area contributed by atoms with E-state index in [1.807, 2.05) is 6.92 Å². The van der Waals surface area contributed by atoms with Crippen molar-refractivity contribution in [3.63, 3.8) is 0 Å². The average Bonchev–Trinajstić information content (AvgIpc) is 3.56. The number of aliphatic hydroxyl groups excluding tert-OH is 3. The van der Waals surface area contributed by atoms with Crippen molar-refractivity contribution in [2.24, 2.45) is 11.8 Å². The van der Waals surface area contributed by atoms with E-state index in [-0.39, 0.29) is 49.1 Å². The third-order valence-corrected chi connectivity index (χ3v) is 6.50. The predicted molar refractivity (Wildman–Crippen MR) is 120 cm³/mol. The molecule has 2 aliphatic rings. The smallest absolute Gasteiger partial charge is 0.170 e. The van der Waals surface area contributed by atoms with Crippen LogP contribution in [-0.2, 0) is 14.3 Å². The van der Waals surface area contributed by atoms with E-state index in [0.717, 1.165) is 0 Å². The lowest BCUT2D eigenvalue weighted by atomic mass is 9.85. The molecule has 2 aliphatic heterocycles. The van der Waals surface area contributed by atoms with E-state index in [1.54, 1.807) is 37.3 Å². The van der Waals surface area contributed by atoms with Gasteiger partial charge in [0, 0.05) is 30.2 Å². The molecule has 0 bridgehead atoms. The standard InChI is InChI=1S/C25H34O8/c1-4-9-31-19-7-5-16(6-8-19)20(28)11-18(27)10-17-13-32-21(24(30)23(17)29)12-22-25(33-22)14(2)15(3)26/h4-8,14-15,17,21-26,29-30H,1,9-13H2,2-3H3/t14-,15-,17-,21-,22-,23+,24-,25-/m0/s1. The van der Waals surface area contributed by atoms with Crippen LogP contribution in [0.15, 0.2) is 36.9 Å². The molecule has 3 N–H and O–H groups in total. The summed E-state index contributed by atoms with van der Waals surface area (Å²) in [5.74, 6) is -0.643. The molecule has 3 rings (SSSR count). The Labute approximate surface area is 194 Å². The van der Waals surface area contributed by atoms with E-state index < -0.39 is 30.3 Å². The number of ketones is 2. The highest BCUT2D eigenvalue weighted by molar-refractivity contribution is 6.08. The van der Waals surface area contributed by atoms with Gasteiger partial charge in [0.15, 0.2) is 5.78 Å². The Morgan fingerprint density at radius 1 is 1.18 bits per heavy atom. The van der Waals surface area contributed by atoms with Crippen molar-refractivity contribution in [1.82, 2.24) is 0 Å². The highest BCUT2D eigenvalue weighted by atomic mass is 16.6. The van der Waals surface area contributed by atoms with Crippen LogP contribution >= 0.6 is 0 Å². The van der Waals surface area contributed by atoms with E-state index in [1.165, 1.54) is 0 Å². The van der Waals surface area contributed by atoms with E-state index in [4.69, 9.17) is 14.2 Å². The van der Waals surface area contributed by atoms with Gasteiger partial charge in [-0.2, -0.15) is 0 Å². The number of benzene rings is 1. The fraction of sp³-hybridized carbons (Fsp3) is 0.600. The van der Waals surface area contributed by atoms with Crippen molar-refractivity contribution in [1.29, 1.82) is 0 Å². The Morgan fingerprint density at radius 3 is 2.52 bits per heavy atom. The van der Waals surface area contributed by atoms with Crippen LogP contribution in [0.1, 0.15) is 43.5 Å². The van der Waals surface area contributed by atoms with Gasteiger partial charge in [-0.15, -0.1) is 0 Å². The number of hydrogen-bond donors (Lipinski definition) is 3. The zero-order chi connectivity index (χ0) is 24.1. The second-order valence-corrected chi connectivity index (χ2v) is 9.05. The number of Topliss-reactive ketones (excluding diaryl/α,β-unsaturated/α-hetero) is 2. The van der Waals surface area contributed by atoms with Crippen molar-refractivity contribution in [2.45, 2.75) is 69.7 Å². The summed E-state index contributed by atoms with van der Waals surface area (Å²) in [6, 6.07) is 6.53. The fourth-order valence-corrected chi connectivity index (χ4v) is 4.18. The van der Waals surface area contributed by atoms with E-state index in [0.29, 0.717) is 24.3 Å². The number of carbonyl (C=O) groups is 2. The van der Waals surface area contributed by atoms with Crippen LogP contribution in [0.2, 0.25) is 0 Å². The van der Waals surface area contributed by atoms with Gasteiger partial charge in [-0.25, -0.2) is 0 Å². The molecule has 0 unspecified atom stereocenters. The molecule has 1 aromatic rings. The van der Waals surface area contributed by atoms with Gasteiger partial charge < -0.3 is 29.5 Å². The molecular weight excluding hydrogens is 428 g/mol. The van der Waals surface area contributed by atoms with Gasteiger partial charge in [-0.05, 0) is 31.2 Å². The number of carbonyl (C=O) groups excluding carboxylic acids is 2. The molecule has 33 heavy (non-hydrogen) atoms. The molecule has 0 radical (unpaired) electrons. The van der Waals surface area contributed by atoms with Crippen LogP contribution in [0.3, 0.4) is 0 Å². The molecule has 2 fully saturated rings. The van der Waals surface area contributed by atoms with Crippen molar-refractivity contribution < 1.29 is 39.1 Å². The number of hydrogen-bond acceptors (Lipinski definition) is 8. The maximum Gasteiger partial charge on any atom is 0.170 e. The van der Waals surface area contributed by atoms with E-state index in [2.05, 4.69) is 6.58 Å². The molecule has 8 heteroatoms. The van der Waals surface area contributed by atoms with Crippen molar-refractivity contribution >= 4 is 11.6 Å². The van der Waals surface area contributed by atoms with Gasteiger partial charge in [-0.3, -0.25) is 9.59 Å². The summed E-state index contributed by atoms with van der Waals surface area (Å²) < 4.78 is 16.7. The summed E-state index contributed by atoms with van der Waals surface area (Å²) in [6.45, 7) is 7.65. The first-order valence-corrected chi connectivity index (χ1v) is 11.4. The average molecular weight is 463 g/mol. The van der Waals surface area contributed by atoms with E-state index in [9.17, 15) is 24.9 Å². The Kier molecular flexibility index (Phi) is 8.78. The molecule has 0 amide bonds. The third-order valence-electron chi connectivity index (χ3n) is 6.50. The molecule has 2 saturated heterocycles. The molecular formula is C25H34O8. The second kappa shape index (κ2) is 11.4. The van der Waals surface area contributed by atoms with Gasteiger partial charge in [0.1, 0.15) is 24.2 Å². The largest absolute Gasteiger partial charge is 0.490 e. The lowest BCUT2D eigenvalue weighted by Crippen LogP contribution is -2.51. The zero-order valence-corrected chi connectivity index (χ0v) is 19.1. The van der Waals surface area contributed by atoms with Crippen LogP contribution in [0.25, 0.3) is 0 Å². The first kappa shape index (κ1) is 25.5. The minimum Gasteiger partial charge on any atom is -0.490 e. The quantitative estimate of drug-likeness (QED) is 0.185. The molecule has 0 saturated carbocycles. The van der Waals surface area contributed by atoms with Crippen LogP contribution < -0.4 is 4.74 Å². The second-order valence-electron chi connectivity index (χ2n) is 9.05. The maximum absolute atomic E-state index is 12.5. The van der Waals surface area contributed by atoms with Gasteiger partial charge >= 0.3 is 0 Å². The fourth-order valence-electron chi connectivity index (χ4n) is 4.18. The zero-order valence-electron chi connectivity index (χ0n) is 19.1. The van der Waals surface area contributed by atoms with Crippen molar-refractivity contribution in [2.75, 3.05) is 13.2 Å². The van der Waals surface area contributed by atoms with Gasteiger partial charge in [0.2, 0.25) is 0 Å². The van der Waals surface area contributed by atoms with Crippen LogP contribution in [0.5, 0.6) is 5.75 Å². The Hall–Kier alpha value is -2.10. The van der Waals surface area contributed by atoms with Crippen LogP contribution in [0, 0.1) is 11.8 Å². The minimum atomic E-state index is -1.15. The normalized spacial score (nSPS) is 30.8. The first-order chi connectivity index (χ1) is 15.7. The number of ether oxygens (including phenoxy) is 3. The van der Waals surface area contributed by atoms with Crippen LogP contribution in [0.4, 0.5) is 0 Å². The van der Waals surface area contributed by atoms with Crippen molar-refractivity contribution in [3.05, 3.63) is 42.5 Å². The predicted octanol–water partition coefficient (Wildman–Crippen LogP) is 1.69. The highest BCUT2D eigenvalue weighted by Gasteiger charge is 2.48. The summed E-state index contributed by atoms with van der Waals surface area (Å²) >= 11 is 0. The Morgan fingerprint density at radius 2 is 1.88 bits per heavy atom. The Bertz CT molecular complexity index is 820. The number of aliphatic hydroxyl groups is 3. The molecule has 2 heterocycles. The summed E-state index contributed by atoms with van der Waals surface area (Å²) in [6.07, 6.45) is -1.92. The first-order valence-electron chi connectivity index (χ1n) is 11.4. The van der Waals surface area contributed by atoms with Gasteiger partial charge in [-0.1, -0.05) is 19.6 Å². The highest BCUT2D eigenvalue weighted by Crippen LogP contribution is 2.37. The summed E-state index contributed by atoms with van der Waals surface area (Å²) in [5.41, 5.74) is 0.403. The lowest BCUT2D eigenvalue weighted by Gasteiger charge is -2.37. The molecule has 0 aromatic heterocycles. The summed E-state index contributed by atoms with van der Waals surface area (Å²) in [4.78, 5) is 24.9. The van der Waals surface area contributed by atoms with Gasteiger partial charge in [0.25, 0.3) is 0 Å². The van der Waals surface area contributed by atoms with E-state index >= 15 is 0 Å². The molecule has 8 atom stereocenters. The van der Waals surface area contributed by atoms with Crippen LogP contribution in [-0.4, -0.2) is 76.7 Å². The maximum atomic E-state index is 12.5. The molecule has 182 valence electrons. The molecule has 1 aromatic carbocycles. The SMILES string of the molecule is C=CCOc1ccc(C(=O)CC(=O)C[C@H]2CO[C@@H](C[C@@H]3O[C@H]3[C@@H](C)[C@H](C)O)[C@H](O)[C@@H]2O)cc1. The summed E-state index contributed by atoms with van der Waals surface area (Å²) in [5, 5.41) is 30.7. The van der Waals surface area contributed by atoms with Gasteiger partial charge in [0.05, 0.1) is 43.5 Å². The monoisotopic (exact) mass is 462 g/mol. The number of rotatable bonds is 12. The third kappa shape index (κ3) is 6.71. The number of epoxide rings is 1. The van der Waals surface area contributed by atoms with Crippen molar-refractivity contribution in [3.8, 4) is 5.75 Å². The molecule has 8 nitrogen and oxygen atoms in total. The lowest BCUT2D eigenvalue weighted by molar-refractivity contribution is -0.170.